The first-order chi connectivity index (χ1) is 6.42. The first-order valence-corrected chi connectivity index (χ1v) is 3.72. The van der Waals surface area contributed by atoms with Crippen LogP contribution in [0.5, 0.6) is 0 Å². The van der Waals surface area contributed by atoms with Crippen LogP contribution in [0, 0.1) is 0 Å². The van der Waals surface area contributed by atoms with Gasteiger partial charge in [-0.3, -0.25) is 4.98 Å². The van der Waals surface area contributed by atoms with Gasteiger partial charge in [-0.1, -0.05) is 12.6 Å². The number of nitrogens with zero attached hydrogens (tertiary/aromatic N) is 1. The number of pyridine rings is 1. The van der Waals surface area contributed by atoms with Gasteiger partial charge in [0, 0.05) is 6.20 Å². The monoisotopic (exact) mass is 205 g/mol. The van der Waals surface area contributed by atoms with Crippen molar-refractivity contribution < 1.29 is 17.6 Å². The van der Waals surface area contributed by atoms with Crippen molar-refractivity contribution in [2.45, 2.75) is 11.8 Å². The van der Waals surface area contributed by atoms with Crippen LogP contribution in [0.15, 0.2) is 37.1 Å². The average molecular weight is 205 g/mol. The summed E-state index contributed by atoms with van der Waals surface area (Å²) in [7, 11) is 0. The van der Waals surface area contributed by atoms with Crippen LogP contribution in [0.3, 0.4) is 0 Å². The topological polar surface area (TPSA) is 12.9 Å². The molecule has 0 radical (unpaired) electrons. The maximum atomic E-state index is 13.5. The summed E-state index contributed by atoms with van der Waals surface area (Å²) in [5.74, 6) is 0. The Morgan fingerprint density at radius 1 is 1.21 bits per heavy atom. The number of alkyl halides is 4. The van der Waals surface area contributed by atoms with Crippen molar-refractivity contribution in [3.63, 3.8) is 0 Å². The van der Waals surface area contributed by atoms with E-state index < -0.39 is 17.5 Å². The lowest BCUT2D eigenvalue weighted by Crippen LogP contribution is -2.36. The van der Waals surface area contributed by atoms with Gasteiger partial charge < -0.3 is 0 Å². The van der Waals surface area contributed by atoms with Crippen LogP contribution in [0.25, 0.3) is 0 Å². The van der Waals surface area contributed by atoms with Crippen molar-refractivity contribution in [1.82, 2.24) is 4.98 Å². The second-order valence-electron chi connectivity index (χ2n) is 2.63. The molecule has 0 aromatic carbocycles. The third-order valence-electron chi connectivity index (χ3n) is 1.73. The van der Waals surface area contributed by atoms with Crippen LogP contribution in [0.1, 0.15) is 5.69 Å². The molecule has 0 N–H and O–H groups in total. The van der Waals surface area contributed by atoms with Crippen molar-refractivity contribution in [2.75, 3.05) is 0 Å². The Labute approximate surface area is 78.1 Å². The highest BCUT2D eigenvalue weighted by atomic mass is 19.4. The van der Waals surface area contributed by atoms with Crippen LogP contribution in [-0.4, -0.2) is 11.2 Å². The maximum absolute atomic E-state index is 13.5. The van der Waals surface area contributed by atoms with Gasteiger partial charge in [0.05, 0.1) is 5.69 Å². The van der Waals surface area contributed by atoms with Gasteiger partial charge in [-0.25, -0.2) is 4.39 Å². The minimum atomic E-state index is -5.04. The number of hydrogen-bond acceptors (Lipinski definition) is 1. The quantitative estimate of drug-likeness (QED) is 0.534. The van der Waals surface area contributed by atoms with Crippen molar-refractivity contribution >= 4 is 0 Å². The van der Waals surface area contributed by atoms with Crippen LogP contribution in [0.2, 0.25) is 0 Å². The molecule has 1 nitrogen and oxygen atoms in total. The Hall–Kier alpha value is -1.39. The molecule has 0 spiro atoms. The van der Waals surface area contributed by atoms with E-state index in [2.05, 4.69) is 11.6 Å². The molecule has 0 fully saturated rings. The van der Waals surface area contributed by atoms with E-state index in [9.17, 15) is 17.6 Å². The van der Waals surface area contributed by atoms with Gasteiger partial charge in [0.1, 0.15) is 0 Å². The molecular formula is C9H7F4N. The van der Waals surface area contributed by atoms with E-state index in [0.29, 0.717) is 0 Å². The first-order valence-electron chi connectivity index (χ1n) is 3.72. The predicted molar refractivity (Wildman–Crippen MR) is 43.3 cm³/mol. The van der Waals surface area contributed by atoms with Crippen molar-refractivity contribution in [2.24, 2.45) is 0 Å². The Morgan fingerprint density at radius 3 is 2.21 bits per heavy atom. The molecule has 1 aromatic rings. The number of allylic oxidation sites excluding steroid dienone is 1. The van der Waals surface area contributed by atoms with Crippen molar-refractivity contribution in [3.8, 4) is 0 Å². The van der Waals surface area contributed by atoms with E-state index in [0.717, 1.165) is 12.3 Å². The van der Waals surface area contributed by atoms with Gasteiger partial charge in [-0.05, 0) is 18.2 Å². The van der Waals surface area contributed by atoms with Crippen LogP contribution >= 0.6 is 0 Å². The number of aromatic nitrogens is 1. The molecule has 0 saturated carbocycles. The Kier molecular flexibility index (Phi) is 2.59. The fourth-order valence-corrected chi connectivity index (χ4v) is 0.943. The lowest BCUT2D eigenvalue weighted by molar-refractivity contribution is -0.217. The summed E-state index contributed by atoms with van der Waals surface area (Å²) in [4.78, 5) is 3.32. The van der Waals surface area contributed by atoms with E-state index in [1.54, 1.807) is 0 Å². The largest absolute Gasteiger partial charge is 0.432 e. The standard InChI is InChI=1S/C9H7F4N/c1-2-8(10,9(11,12)13)7-5-3-4-6-14-7/h2-6H,1H2. The van der Waals surface area contributed by atoms with E-state index in [1.807, 2.05) is 0 Å². The lowest BCUT2D eigenvalue weighted by atomic mass is 10.0. The average Bonchev–Trinajstić information content (AvgIpc) is 2.16. The smallest absolute Gasteiger partial charge is 0.257 e. The summed E-state index contributed by atoms with van der Waals surface area (Å²) in [6.07, 6.45) is -3.74. The minimum absolute atomic E-state index is 0.204. The highest BCUT2D eigenvalue weighted by Crippen LogP contribution is 2.42. The van der Waals surface area contributed by atoms with Gasteiger partial charge in [0.15, 0.2) is 0 Å². The molecule has 0 amide bonds. The van der Waals surface area contributed by atoms with Gasteiger partial charge in [0.25, 0.3) is 5.67 Å². The third kappa shape index (κ3) is 1.62. The van der Waals surface area contributed by atoms with E-state index >= 15 is 0 Å². The fourth-order valence-electron chi connectivity index (χ4n) is 0.943. The summed E-state index contributed by atoms with van der Waals surface area (Å²) in [6.45, 7) is 2.84. The van der Waals surface area contributed by atoms with Crippen LogP contribution in [-0.2, 0) is 5.67 Å². The summed E-state index contributed by atoms with van der Waals surface area (Å²) in [5.41, 5.74) is -4.28. The van der Waals surface area contributed by atoms with E-state index in [4.69, 9.17) is 0 Å². The zero-order valence-corrected chi connectivity index (χ0v) is 7.05. The zero-order valence-electron chi connectivity index (χ0n) is 7.05. The number of hydrogen-bond donors (Lipinski definition) is 0. The highest BCUT2D eigenvalue weighted by molar-refractivity contribution is 5.21. The molecule has 76 valence electrons. The van der Waals surface area contributed by atoms with E-state index in [-0.39, 0.29) is 6.08 Å². The Balaban J connectivity index is 3.22. The highest BCUT2D eigenvalue weighted by Gasteiger charge is 2.56. The predicted octanol–water partition coefficient (Wildman–Crippen LogP) is 2.99. The minimum Gasteiger partial charge on any atom is -0.257 e. The molecule has 0 saturated heterocycles. The second-order valence-corrected chi connectivity index (χ2v) is 2.63. The molecular weight excluding hydrogens is 198 g/mol. The van der Waals surface area contributed by atoms with E-state index in [1.165, 1.54) is 12.1 Å². The summed E-state index contributed by atoms with van der Waals surface area (Å²) in [5, 5.41) is 0. The zero-order chi connectivity index (χ0) is 10.8. The molecule has 1 aromatic heterocycles. The molecule has 1 rings (SSSR count). The number of halogens is 4. The van der Waals surface area contributed by atoms with Crippen LogP contribution < -0.4 is 0 Å². The van der Waals surface area contributed by atoms with Gasteiger partial charge in [0.2, 0.25) is 0 Å². The lowest BCUT2D eigenvalue weighted by Gasteiger charge is -2.23. The molecule has 0 aliphatic heterocycles. The van der Waals surface area contributed by atoms with Gasteiger partial charge in [-0.15, -0.1) is 0 Å². The molecule has 1 unspecified atom stereocenters. The second kappa shape index (κ2) is 3.40. The Bertz CT molecular complexity index is 319. The molecule has 0 aliphatic rings. The molecule has 0 bridgehead atoms. The summed E-state index contributed by atoms with van der Waals surface area (Å²) in [6, 6.07) is 3.66. The molecule has 1 heterocycles. The fraction of sp³-hybridized carbons (Fsp3) is 0.222. The summed E-state index contributed by atoms with van der Waals surface area (Å²) < 4.78 is 50.4. The molecule has 0 aliphatic carbocycles. The summed E-state index contributed by atoms with van der Waals surface area (Å²) >= 11 is 0. The molecule has 5 heteroatoms. The maximum Gasteiger partial charge on any atom is 0.432 e. The van der Waals surface area contributed by atoms with Crippen molar-refractivity contribution in [1.29, 1.82) is 0 Å². The van der Waals surface area contributed by atoms with Crippen molar-refractivity contribution in [3.05, 3.63) is 42.7 Å². The van der Waals surface area contributed by atoms with Gasteiger partial charge in [-0.2, -0.15) is 13.2 Å². The molecule has 1 atom stereocenters. The van der Waals surface area contributed by atoms with Gasteiger partial charge >= 0.3 is 6.18 Å². The molecule has 14 heavy (non-hydrogen) atoms. The Morgan fingerprint density at radius 2 is 1.86 bits per heavy atom. The van der Waals surface area contributed by atoms with Crippen LogP contribution in [0.4, 0.5) is 17.6 Å². The third-order valence-corrected chi connectivity index (χ3v) is 1.73. The number of rotatable bonds is 2. The SMILES string of the molecule is C=CC(F)(c1ccccn1)C(F)(F)F. The first kappa shape index (κ1) is 10.7. The normalized spacial score (nSPS) is 16.0.